The smallest absolute Gasteiger partial charge is 0.256 e. The summed E-state index contributed by atoms with van der Waals surface area (Å²) in [6.07, 6.45) is 4.62. The summed E-state index contributed by atoms with van der Waals surface area (Å²) in [6.45, 7) is 6.56. The van der Waals surface area contributed by atoms with Crippen LogP contribution in [0.5, 0.6) is 0 Å². The number of piperidine rings is 1. The van der Waals surface area contributed by atoms with Crippen molar-refractivity contribution in [3.05, 3.63) is 35.7 Å². The lowest BCUT2D eigenvalue weighted by Gasteiger charge is -2.31. The highest BCUT2D eigenvalue weighted by molar-refractivity contribution is 5.94. The Balaban J connectivity index is 1.50. The van der Waals surface area contributed by atoms with Gasteiger partial charge in [0.1, 0.15) is 11.9 Å². The van der Waals surface area contributed by atoms with Crippen molar-refractivity contribution in [3.63, 3.8) is 0 Å². The first-order valence-electron chi connectivity index (χ1n) is 9.90. The van der Waals surface area contributed by atoms with Crippen LogP contribution >= 0.6 is 0 Å². The Morgan fingerprint density at radius 1 is 1.25 bits per heavy atom. The minimum absolute atomic E-state index is 0.0521. The second-order valence-electron chi connectivity index (χ2n) is 7.80. The van der Waals surface area contributed by atoms with Gasteiger partial charge in [0.25, 0.3) is 5.91 Å². The quantitative estimate of drug-likeness (QED) is 0.800. The molecule has 2 aliphatic rings. The van der Waals surface area contributed by atoms with Gasteiger partial charge in [0, 0.05) is 46.3 Å². The molecule has 1 amide bonds. The molecule has 2 aliphatic heterocycles. The Bertz CT molecular complexity index is 814. The van der Waals surface area contributed by atoms with E-state index >= 15 is 0 Å². The molecule has 150 valence electrons. The number of ether oxygens (including phenoxy) is 1. The van der Waals surface area contributed by atoms with Crippen molar-refractivity contribution >= 4 is 11.7 Å². The molecule has 0 aliphatic carbocycles. The number of carbonyl (C=O) groups is 1. The van der Waals surface area contributed by atoms with Crippen molar-refractivity contribution in [2.45, 2.75) is 45.3 Å². The number of likely N-dealkylation sites (tertiary alicyclic amines) is 1. The van der Waals surface area contributed by atoms with E-state index in [1.807, 2.05) is 12.1 Å². The third-order valence-electron chi connectivity index (χ3n) is 5.79. The fraction of sp³-hybridized carbons (Fsp3) is 0.600. The second-order valence-corrected chi connectivity index (χ2v) is 7.80. The fourth-order valence-corrected chi connectivity index (χ4v) is 3.98. The summed E-state index contributed by atoms with van der Waals surface area (Å²) in [5.41, 5.74) is 0.562. The number of hydrogen-bond donors (Lipinski definition) is 0. The highest BCUT2D eigenvalue weighted by Gasteiger charge is 2.39. The van der Waals surface area contributed by atoms with Gasteiger partial charge in [-0.25, -0.2) is 4.98 Å². The molecule has 0 radical (unpaired) electrons. The van der Waals surface area contributed by atoms with E-state index in [1.165, 1.54) is 12.8 Å². The first-order valence-corrected chi connectivity index (χ1v) is 9.90. The van der Waals surface area contributed by atoms with E-state index in [2.05, 4.69) is 27.0 Å². The summed E-state index contributed by atoms with van der Waals surface area (Å²) in [7, 11) is 1.66. The molecule has 2 aromatic rings. The van der Waals surface area contributed by atoms with E-state index in [-0.39, 0.29) is 18.1 Å². The molecule has 0 aromatic carbocycles. The lowest BCUT2D eigenvalue weighted by Crippen LogP contribution is -2.34. The number of rotatable bonds is 4. The minimum Gasteiger partial charge on any atom is -0.423 e. The normalized spacial score (nSPS) is 23.4. The maximum Gasteiger partial charge on any atom is 0.256 e. The number of amides is 1. The average Bonchev–Trinajstić information content (AvgIpc) is 3.34. The zero-order chi connectivity index (χ0) is 19.7. The van der Waals surface area contributed by atoms with Crippen LogP contribution in [0, 0.1) is 12.8 Å². The lowest BCUT2D eigenvalue weighted by atomic mass is 9.99. The zero-order valence-electron chi connectivity index (χ0n) is 16.7. The van der Waals surface area contributed by atoms with Gasteiger partial charge in [0.15, 0.2) is 0 Å². The number of anilines is 1. The Labute approximate surface area is 164 Å². The summed E-state index contributed by atoms with van der Waals surface area (Å²) in [5.74, 6) is 2.56. The van der Waals surface area contributed by atoms with Crippen molar-refractivity contribution < 1.29 is 13.9 Å². The van der Waals surface area contributed by atoms with E-state index in [0.717, 1.165) is 24.8 Å². The SMILES string of the molecule is CO[C@@H]1C[C@H](c2nnc(C)o2)N(C(=O)c2ccc(N3CCC(C)CC3)nc2)C1. The number of hydrogen-bond acceptors (Lipinski definition) is 7. The number of pyridine rings is 1. The maximum atomic E-state index is 13.2. The van der Waals surface area contributed by atoms with Gasteiger partial charge in [0.05, 0.1) is 11.7 Å². The summed E-state index contributed by atoms with van der Waals surface area (Å²) in [5, 5.41) is 8.02. The van der Waals surface area contributed by atoms with Gasteiger partial charge in [-0.05, 0) is 30.9 Å². The standard InChI is InChI=1S/C20H27N5O3/c1-13-6-8-24(9-7-13)18-5-4-15(11-21-18)20(26)25-12-16(27-3)10-17(25)19-23-22-14(2)28-19/h4-5,11,13,16-17H,6-10,12H2,1-3H3/t16-,17-/m1/s1. The Hall–Kier alpha value is -2.48. The monoisotopic (exact) mass is 385 g/mol. The largest absolute Gasteiger partial charge is 0.423 e. The highest BCUT2D eigenvalue weighted by atomic mass is 16.5. The molecular formula is C20H27N5O3. The molecule has 2 atom stereocenters. The molecule has 0 bridgehead atoms. The lowest BCUT2D eigenvalue weighted by molar-refractivity contribution is 0.0673. The van der Waals surface area contributed by atoms with Gasteiger partial charge < -0.3 is 19.0 Å². The molecule has 8 nitrogen and oxygen atoms in total. The minimum atomic E-state index is -0.276. The van der Waals surface area contributed by atoms with Crippen LogP contribution in [-0.2, 0) is 4.74 Å². The first-order chi connectivity index (χ1) is 13.5. The van der Waals surface area contributed by atoms with Gasteiger partial charge in [-0.15, -0.1) is 10.2 Å². The fourth-order valence-electron chi connectivity index (χ4n) is 3.98. The number of nitrogens with zero attached hydrogens (tertiary/aromatic N) is 5. The van der Waals surface area contributed by atoms with E-state index in [4.69, 9.17) is 9.15 Å². The third-order valence-corrected chi connectivity index (χ3v) is 5.79. The first kappa shape index (κ1) is 18.9. The molecule has 8 heteroatoms. The van der Waals surface area contributed by atoms with E-state index in [1.54, 1.807) is 25.1 Å². The van der Waals surface area contributed by atoms with Crippen LogP contribution in [0.1, 0.15) is 54.4 Å². The van der Waals surface area contributed by atoms with Gasteiger partial charge in [-0.2, -0.15) is 0 Å². The Morgan fingerprint density at radius 3 is 2.64 bits per heavy atom. The van der Waals surface area contributed by atoms with Crippen LogP contribution in [-0.4, -0.2) is 58.8 Å². The number of methoxy groups -OCH3 is 1. The summed E-state index contributed by atoms with van der Waals surface area (Å²) in [4.78, 5) is 21.8. The van der Waals surface area contributed by atoms with Crippen molar-refractivity contribution in [1.29, 1.82) is 0 Å². The van der Waals surface area contributed by atoms with E-state index in [0.29, 0.717) is 30.3 Å². The van der Waals surface area contributed by atoms with E-state index < -0.39 is 0 Å². The highest BCUT2D eigenvalue weighted by Crippen LogP contribution is 2.34. The van der Waals surface area contributed by atoms with Gasteiger partial charge >= 0.3 is 0 Å². The van der Waals surface area contributed by atoms with Crippen molar-refractivity contribution in [2.24, 2.45) is 5.92 Å². The van der Waals surface area contributed by atoms with Crippen LogP contribution in [0.2, 0.25) is 0 Å². The second kappa shape index (κ2) is 7.87. The van der Waals surface area contributed by atoms with Gasteiger partial charge in [-0.1, -0.05) is 6.92 Å². The van der Waals surface area contributed by atoms with Crippen molar-refractivity contribution in [1.82, 2.24) is 20.1 Å². The topological polar surface area (TPSA) is 84.6 Å². The molecule has 4 heterocycles. The van der Waals surface area contributed by atoms with Crippen molar-refractivity contribution in [2.75, 3.05) is 31.6 Å². The summed E-state index contributed by atoms with van der Waals surface area (Å²) in [6, 6.07) is 3.53. The van der Waals surface area contributed by atoms with Crippen molar-refractivity contribution in [3.8, 4) is 0 Å². The summed E-state index contributed by atoms with van der Waals surface area (Å²) < 4.78 is 11.1. The molecule has 0 N–H and O–H groups in total. The number of aromatic nitrogens is 3. The van der Waals surface area contributed by atoms with Crippen LogP contribution in [0.15, 0.2) is 22.7 Å². The van der Waals surface area contributed by atoms with E-state index in [9.17, 15) is 4.79 Å². The van der Waals surface area contributed by atoms with Crippen LogP contribution in [0.3, 0.4) is 0 Å². The summed E-state index contributed by atoms with van der Waals surface area (Å²) >= 11 is 0. The zero-order valence-corrected chi connectivity index (χ0v) is 16.7. The third kappa shape index (κ3) is 3.73. The molecule has 0 spiro atoms. The van der Waals surface area contributed by atoms with Crippen LogP contribution in [0.25, 0.3) is 0 Å². The van der Waals surface area contributed by atoms with Crippen LogP contribution < -0.4 is 4.90 Å². The molecule has 4 rings (SSSR count). The maximum absolute atomic E-state index is 13.2. The molecule has 0 unspecified atom stereocenters. The molecule has 2 saturated heterocycles. The molecule has 2 fully saturated rings. The Kier molecular flexibility index (Phi) is 5.30. The van der Waals surface area contributed by atoms with Crippen LogP contribution in [0.4, 0.5) is 5.82 Å². The molecule has 0 saturated carbocycles. The number of aryl methyl sites for hydroxylation is 1. The molecular weight excluding hydrogens is 358 g/mol. The predicted molar refractivity (Wildman–Crippen MR) is 103 cm³/mol. The number of carbonyl (C=O) groups excluding carboxylic acids is 1. The van der Waals surface area contributed by atoms with Gasteiger partial charge in [0.2, 0.25) is 11.8 Å². The van der Waals surface area contributed by atoms with Gasteiger partial charge in [-0.3, -0.25) is 4.79 Å². The predicted octanol–water partition coefficient (Wildman–Crippen LogP) is 2.61. The molecule has 28 heavy (non-hydrogen) atoms. The Morgan fingerprint density at radius 2 is 2.04 bits per heavy atom. The molecule has 2 aromatic heterocycles. The average molecular weight is 385 g/mol.